The average Bonchev–Trinajstić information content (AvgIpc) is 2.68. The Bertz CT molecular complexity index is 689. The van der Waals surface area contributed by atoms with Gasteiger partial charge in [0.1, 0.15) is 0 Å². The number of rotatable bonds is 4. The third kappa shape index (κ3) is 4.04. The van der Waals surface area contributed by atoms with E-state index < -0.39 is 10.0 Å². The first-order valence-electron chi connectivity index (χ1n) is 9.10. The monoisotopic (exact) mass is 365 g/mol. The summed E-state index contributed by atoms with van der Waals surface area (Å²) in [5.74, 6) is 0.435. The topological polar surface area (TPSA) is 83.7 Å². The van der Waals surface area contributed by atoms with Crippen LogP contribution in [0.5, 0.6) is 0 Å². The van der Waals surface area contributed by atoms with Crippen molar-refractivity contribution in [3.8, 4) is 0 Å². The molecule has 0 unspecified atom stereocenters. The Labute approximate surface area is 150 Å². The van der Waals surface area contributed by atoms with Crippen molar-refractivity contribution in [2.75, 3.05) is 32.7 Å². The molecule has 1 aliphatic carbocycles. The van der Waals surface area contributed by atoms with Crippen LogP contribution >= 0.6 is 0 Å². The number of amides is 1. The van der Waals surface area contributed by atoms with Gasteiger partial charge < -0.3 is 10.6 Å². The fourth-order valence-electron chi connectivity index (χ4n) is 3.80. The van der Waals surface area contributed by atoms with Gasteiger partial charge in [-0.05, 0) is 36.5 Å². The van der Waals surface area contributed by atoms with Crippen LogP contribution in [-0.2, 0) is 14.8 Å². The van der Waals surface area contributed by atoms with Gasteiger partial charge in [-0.15, -0.1) is 0 Å². The van der Waals surface area contributed by atoms with E-state index in [1.54, 1.807) is 17.0 Å². The molecule has 1 aromatic rings. The van der Waals surface area contributed by atoms with Gasteiger partial charge >= 0.3 is 0 Å². The lowest BCUT2D eigenvalue weighted by Crippen LogP contribution is -2.51. The van der Waals surface area contributed by atoms with Gasteiger partial charge in [-0.25, -0.2) is 8.42 Å². The third-order valence-corrected chi connectivity index (χ3v) is 7.27. The van der Waals surface area contributed by atoms with E-state index in [0.717, 1.165) is 0 Å². The van der Waals surface area contributed by atoms with Crippen LogP contribution in [0.3, 0.4) is 0 Å². The highest BCUT2D eigenvalue weighted by Crippen LogP contribution is 2.33. The van der Waals surface area contributed by atoms with Crippen LogP contribution in [0, 0.1) is 0 Å². The van der Waals surface area contributed by atoms with Crippen molar-refractivity contribution < 1.29 is 13.2 Å². The highest BCUT2D eigenvalue weighted by Gasteiger charge is 2.29. The van der Waals surface area contributed by atoms with Crippen molar-refractivity contribution in [3.63, 3.8) is 0 Å². The van der Waals surface area contributed by atoms with Crippen molar-refractivity contribution in [3.05, 3.63) is 29.8 Å². The lowest BCUT2D eigenvalue weighted by Gasteiger charge is -2.33. The summed E-state index contributed by atoms with van der Waals surface area (Å²) >= 11 is 0. The first kappa shape index (κ1) is 18.4. The Balaban J connectivity index is 1.67. The Kier molecular flexibility index (Phi) is 5.76. The summed E-state index contributed by atoms with van der Waals surface area (Å²) < 4.78 is 27.1. The van der Waals surface area contributed by atoms with E-state index >= 15 is 0 Å². The van der Waals surface area contributed by atoms with E-state index in [9.17, 15) is 13.2 Å². The van der Waals surface area contributed by atoms with E-state index in [2.05, 4.69) is 0 Å². The van der Waals surface area contributed by atoms with Gasteiger partial charge in [-0.3, -0.25) is 4.79 Å². The quantitative estimate of drug-likeness (QED) is 0.877. The van der Waals surface area contributed by atoms with Gasteiger partial charge in [-0.2, -0.15) is 4.31 Å². The number of hydrogen-bond acceptors (Lipinski definition) is 4. The van der Waals surface area contributed by atoms with E-state index in [4.69, 9.17) is 5.73 Å². The largest absolute Gasteiger partial charge is 0.339 e. The van der Waals surface area contributed by atoms with Gasteiger partial charge in [0, 0.05) is 26.2 Å². The van der Waals surface area contributed by atoms with Gasteiger partial charge in [0.15, 0.2) is 0 Å². The molecule has 138 valence electrons. The zero-order valence-corrected chi connectivity index (χ0v) is 15.4. The van der Waals surface area contributed by atoms with Crippen molar-refractivity contribution in [2.24, 2.45) is 5.73 Å². The van der Waals surface area contributed by atoms with Gasteiger partial charge in [0.2, 0.25) is 15.9 Å². The molecule has 1 heterocycles. The van der Waals surface area contributed by atoms with Crippen LogP contribution < -0.4 is 5.73 Å². The lowest BCUT2D eigenvalue weighted by molar-refractivity contribution is -0.130. The Morgan fingerprint density at radius 2 is 1.60 bits per heavy atom. The summed E-state index contributed by atoms with van der Waals surface area (Å²) in [4.78, 5) is 13.6. The fraction of sp³-hybridized carbons (Fsp3) is 0.611. The molecule has 7 heteroatoms. The van der Waals surface area contributed by atoms with Crippen LogP contribution in [0.25, 0.3) is 0 Å². The third-order valence-electron chi connectivity index (χ3n) is 5.36. The maximum atomic E-state index is 12.8. The molecule has 0 radical (unpaired) electrons. The second-order valence-electron chi connectivity index (χ2n) is 6.89. The average molecular weight is 365 g/mol. The first-order chi connectivity index (χ1) is 12.0. The van der Waals surface area contributed by atoms with Crippen LogP contribution in [0.2, 0.25) is 0 Å². The standard InChI is InChI=1S/C18H27N3O3S/c19-14-18(22)20-10-12-21(13-11-20)25(23,24)17-8-6-16(7-9-17)15-4-2-1-3-5-15/h6-9,15H,1-5,10-14,19H2. The smallest absolute Gasteiger partial charge is 0.243 e. The van der Waals surface area contributed by atoms with E-state index in [-0.39, 0.29) is 12.5 Å². The maximum Gasteiger partial charge on any atom is 0.243 e. The summed E-state index contributed by atoms with van der Waals surface area (Å²) in [6, 6.07) is 7.40. The minimum Gasteiger partial charge on any atom is -0.339 e. The number of sulfonamides is 1. The second kappa shape index (κ2) is 7.85. The van der Waals surface area contributed by atoms with E-state index in [1.807, 2.05) is 12.1 Å². The van der Waals surface area contributed by atoms with E-state index in [1.165, 1.54) is 42.0 Å². The Morgan fingerprint density at radius 3 is 2.16 bits per heavy atom. The number of hydrogen-bond donors (Lipinski definition) is 1. The molecular formula is C18H27N3O3S. The summed E-state index contributed by atoms with van der Waals surface area (Å²) in [7, 11) is -3.50. The fourth-order valence-corrected chi connectivity index (χ4v) is 5.23. The van der Waals surface area contributed by atoms with Crippen LogP contribution in [0.1, 0.15) is 43.6 Å². The SMILES string of the molecule is NCC(=O)N1CCN(S(=O)(=O)c2ccc(C3CCCCC3)cc2)CC1. The van der Waals surface area contributed by atoms with Crippen molar-refractivity contribution >= 4 is 15.9 Å². The predicted octanol–water partition coefficient (Wildman–Crippen LogP) is 1.53. The molecule has 1 saturated heterocycles. The van der Waals surface area contributed by atoms with Crippen LogP contribution in [0.4, 0.5) is 0 Å². The number of benzene rings is 1. The molecule has 25 heavy (non-hydrogen) atoms. The highest BCUT2D eigenvalue weighted by molar-refractivity contribution is 7.89. The molecule has 0 atom stereocenters. The van der Waals surface area contributed by atoms with Crippen molar-refractivity contribution in [1.29, 1.82) is 0 Å². The molecule has 1 aromatic carbocycles. The second-order valence-corrected chi connectivity index (χ2v) is 8.83. The maximum absolute atomic E-state index is 12.8. The Hall–Kier alpha value is -1.44. The molecule has 0 spiro atoms. The van der Waals surface area contributed by atoms with E-state index in [0.29, 0.717) is 37.0 Å². The van der Waals surface area contributed by atoms with Gasteiger partial charge in [-0.1, -0.05) is 31.4 Å². The molecule has 0 bridgehead atoms. The molecule has 1 saturated carbocycles. The number of nitrogens with zero attached hydrogens (tertiary/aromatic N) is 2. The minimum absolute atomic E-state index is 0.0324. The number of carbonyl (C=O) groups excluding carboxylic acids is 1. The normalized spacial score (nSPS) is 20.6. The zero-order valence-electron chi connectivity index (χ0n) is 14.6. The van der Waals surface area contributed by atoms with Crippen molar-refractivity contribution in [2.45, 2.75) is 42.9 Å². The molecular weight excluding hydrogens is 338 g/mol. The molecule has 1 aliphatic heterocycles. The van der Waals surface area contributed by atoms with Crippen LogP contribution in [-0.4, -0.2) is 56.3 Å². The van der Waals surface area contributed by atoms with Gasteiger partial charge in [0.25, 0.3) is 0 Å². The van der Waals surface area contributed by atoms with Crippen LogP contribution in [0.15, 0.2) is 29.2 Å². The Morgan fingerprint density at radius 1 is 1.00 bits per heavy atom. The summed E-state index contributed by atoms with van der Waals surface area (Å²) in [5, 5.41) is 0. The minimum atomic E-state index is -3.50. The first-order valence-corrected chi connectivity index (χ1v) is 10.5. The zero-order chi connectivity index (χ0) is 17.9. The molecule has 1 amide bonds. The number of piperazine rings is 1. The summed E-state index contributed by atoms with van der Waals surface area (Å²) in [6.45, 7) is 1.40. The van der Waals surface area contributed by atoms with Gasteiger partial charge in [0.05, 0.1) is 11.4 Å². The number of carbonyl (C=O) groups is 1. The molecule has 2 N–H and O–H groups in total. The molecule has 2 aliphatic rings. The molecule has 6 nitrogen and oxygen atoms in total. The summed E-state index contributed by atoms with van der Waals surface area (Å²) in [6.07, 6.45) is 6.22. The highest BCUT2D eigenvalue weighted by atomic mass is 32.2. The molecule has 0 aromatic heterocycles. The predicted molar refractivity (Wildman–Crippen MR) is 96.7 cm³/mol. The van der Waals surface area contributed by atoms with Crippen molar-refractivity contribution in [1.82, 2.24) is 9.21 Å². The molecule has 3 rings (SSSR count). The summed E-state index contributed by atoms with van der Waals surface area (Å²) in [5.41, 5.74) is 6.61. The number of nitrogens with two attached hydrogens (primary N) is 1. The lowest BCUT2D eigenvalue weighted by atomic mass is 9.84. The molecule has 2 fully saturated rings.